The zero-order valence-corrected chi connectivity index (χ0v) is 12.1. The summed E-state index contributed by atoms with van der Waals surface area (Å²) in [5, 5.41) is 11.0. The number of methoxy groups -OCH3 is 1. The van der Waals surface area contributed by atoms with Gasteiger partial charge in [0.25, 0.3) is 5.69 Å². The Morgan fingerprint density at radius 1 is 1.48 bits per heavy atom. The van der Waals surface area contributed by atoms with Crippen LogP contribution in [0, 0.1) is 16.0 Å². The molecule has 2 atom stereocenters. The molecule has 2 fully saturated rings. The minimum atomic E-state index is -0.429. The molecule has 2 N–H and O–H groups in total. The van der Waals surface area contributed by atoms with E-state index in [1.807, 2.05) is 6.07 Å². The van der Waals surface area contributed by atoms with Crippen molar-refractivity contribution in [2.75, 3.05) is 13.7 Å². The molecule has 0 aromatic heterocycles. The van der Waals surface area contributed by atoms with E-state index < -0.39 is 10.5 Å². The number of nitrogens with two attached hydrogens (primary N) is 1. The molecule has 0 spiro atoms. The lowest BCUT2D eigenvalue weighted by molar-refractivity contribution is -0.385. The molecule has 1 aliphatic heterocycles. The van der Waals surface area contributed by atoms with Crippen LogP contribution in [0.25, 0.3) is 0 Å². The summed E-state index contributed by atoms with van der Waals surface area (Å²) in [6.45, 7) is 0.670. The molecule has 6 heteroatoms. The molecule has 1 saturated heterocycles. The van der Waals surface area contributed by atoms with Crippen LogP contribution in [0.2, 0.25) is 0 Å². The molecule has 0 bridgehead atoms. The van der Waals surface area contributed by atoms with Crippen molar-refractivity contribution in [2.24, 2.45) is 11.7 Å². The van der Waals surface area contributed by atoms with Crippen molar-refractivity contribution in [1.82, 2.24) is 0 Å². The Hall–Kier alpha value is -1.66. The number of nitrogens with zero attached hydrogens (tertiary/aromatic N) is 1. The maximum Gasteiger partial charge on any atom is 0.273 e. The largest absolute Gasteiger partial charge is 0.496 e. The average Bonchev–Trinajstić information content (AvgIpc) is 3.21. The molecule has 21 heavy (non-hydrogen) atoms. The number of ether oxygens (including phenoxy) is 2. The van der Waals surface area contributed by atoms with Crippen molar-refractivity contribution in [3.63, 3.8) is 0 Å². The summed E-state index contributed by atoms with van der Waals surface area (Å²) in [7, 11) is 1.51. The predicted molar refractivity (Wildman–Crippen MR) is 77.4 cm³/mol. The molecule has 2 unspecified atom stereocenters. The normalized spacial score (nSPS) is 28.6. The monoisotopic (exact) mass is 292 g/mol. The summed E-state index contributed by atoms with van der Waals surface area (Å²) < 4.78 is 11.0. The first-order chi connectivity index (χ1) is 10.0. The van der Waals surface area contributed by atoms with E-state index in [0.29, 0.717) is 24.7 Å². The van der Waals surface area contributed by atoms with E-state index in [0.717, 1.165) is 12.0 Å². The minimum Gasteiger partial charge on any atom is -0.496 e. The summed E-state index contributed by atoms with van der Waals surface area (Å²) in [5.41, 5.74) is 7.00. The van der Waals surface area contributed by atoms with Gasteiger partial charge in [-0.3, -0.25) is 10.1 Å². The summed E-state index contributed by atoms with van der Waals surface area (Å²) in [6.07, 6.45) is 3.78. The average molecular weight is 292 g/mol. The molecular formula is C15H20N2O4. The highest BCUT2D eigenvalue weighted by Crippen LogP contribution is 2.43. The first-order valence-electron chi connectivity index (χ1n) is 7.25. The second-order valence-corrected chi connectivity index (χ2v) is 6.09. The number of rotatable bonds is 5. The lowest BCUT2D eigenvalue weighted by atomic mass is 9.83. The number of hydrogen-bond donors (Lipinski definition) is 1. The second-order valence-electron chi connectivity index (χ2n) is 6.09. The third-order valence-electron chi connectivity index (χ3n) is 4.41. The molecule has 2 aliphatic rings. The highest BCUT2D eigenvalue weighted by atomic mass is 16.6. The van der Waals surface area contributed by atoms with Gasteiger partial charge in [-0.25, -0.2) is 0 Å². The maximum absolute atomic E-state index is 11.0. The summed E-state index contributed by atoms with van der Waals surface area (Å²) in [6, 6.07) is 4.83. The Kier molecular flexibility index (Phi) is 3.59. The third kappa shape index (κ3) is 2.87. The standard InChI is InChI=1S/C15H20N2O4/c1-20-13-7-10(6-12(8-13)17(18)19)9-15(16)4-5-21-14(15)11-2-3-11/h6-8,11,14H,2-5,9,16H2,1H3. The molecule has 1 aliphatic carbocycles. The Morgan fingerprint density at radius 2 is 2.24 bits per heavy atom. The topological polar surface area (TPSA) is 87.6 Å². The van der Waals surface area contributed by atoms with Gasteiger partial charge in [0.1, 0.15) is 5.75 Å². The van der Waals surface area contributed by atoms with E-state index in [9.17, 15) is 10.1 Å². The Labute approximate surface area is 123 Å². The number of non-ortho nitro benzene ring substituents is 1. The molecular weight excluding hydrogens is 272 g/mol. The van der Waals surface area contributed by atoms with Gasteiger partial charge in [-0.05, 0) is 43.2 Å². The lowest BCUT2D eigenvalue weighted by Crippen LogP contribution is -2.50. The summed E-state index contributed by atoms with van der Waals surface area (Å²) in [5.74, 6) is 1.04. The van der Waals surface area contributed by atoms with Gasteiger partial charge in [0.2, 0.25) is 0 Å². The van der Waals surface area contributed by atoms with Crippen LogP contribution in [0.4, 0.5) is 5.69 Å². The number of hydrogen-bond acceptors (Lipinski definition) is 5. The molecule has 3 rings (SSSR count). The van der Waals surface area contributed by atoms with Gasteiger partial charge < -0.3 is 15.2 Å². The molecule has 0 amide bonds. The van der Waals surface area contributed by atoms with Crippen LogP contribution in [-0.2, 0) is 11.2 Å². The van der Waals surface area contributed by atoms with Gasteiger partial charge in [-0.15, -0.1) is 0 Å². The van der Waals surface area contributed by atoms with Crippen molar-refractivity contribution < 1.29 is 14.4 Å². The van der Waals surface area contributed by atoms with Crippen LogP contribution in [0.3, 0.4) is 0 Å². The van der Waals surface area contributed by atoms with Crippen LogP contribution >= 0.6 is 0 Å². The van der Waals surface area contributed by atoms with Crippen LogP contribution in [-0.4, -0.2) is 30.3 Å². The van der Waals surface area contributed by atoms with Crippen molar-refractivity contribution in [3.05, 3.63) is 33.9 Å². The van der Waals surface area contributed by atoms with Gasteiger partial charge in [0, 0.05) is 18.2 Å². The quantitative estimate of drug-likeness (QED) is 0.663. The first-order valence-corrected chi connectivity index (χ1v) is 7.25. The summed E-state index contributed by atoms with van der Waals surface area (Å²) in [4.78, 5) is 10.6. The third-order valence-corrected chi connectivity index (χ3v) is 4.41. The molecule has 0 radical (unpaired) electrons. The van der Waals surface area contributed by atoms with E-state index in [4.69, 9.17) is 15.2 Å². The number of nitro groups is 1. The van der Waals surface area contributed by atoms with Crippen LogP contribution in [0.5, 0.6) is 5.75 Å². The van der Waals surface area contributed by atoms with Gasteiger partial charge >= 0.3 is 0 Å². The van der Waals surface area contributed by atoms with Gasteiger partial charge in [-0.2, -0.15) is 0 Å². The predicted octanol–water partition coefficient (Wildman–Crippen LogP) is 2.04. The SMILES string of the molecule is COc1cc(CC2(N)CCOC2C2CC2)cc([N+](=O)[O-])c1. The highest BCUT2D eigenvalue weighted by molar-refractivity contribution is 5.43. The number of nitro benzene ring substituents is 1. The second kappa shape index (κ2) is 5.27. The molecule has 114 valence electrons. The van der Waals surface area contributed by atoms with E-state index in [-0.39, 0.29) is 11.8 Å². The summed E-state index contributed by atoms with van der Waals surface area (Å²) >= 11 is 0. The van der Waals surface area contributed by atoms with Gasteiger partial charge in [0.15, 0.2) is 0 Å². The smallest absolute Gasteiger partial charge is 0.273 e. The van der Waals surface area contributed by atoms with E-state index in [2.05, 4.69) is 0 Å². The van der Waals surface area contributed by atoms with E-state index >= 15 is 0 Å². The minimum absolute atomic E-state index is 0.0369. The molecule has 1 aromatic rings. The van der Waals surface area contributed by atoms with Crippen LogP contribution in [0.15, 0.2) is 18.2 Å². The molecule has 6 nitrogen and oxygen atoms in total. The maximum atomic E-state index is 11.0. The fourth-order valence-corrected chi connectivity index (χ4v) is 3.23. The van der Waals surface area contributed by atoms with Crippen molar-refractivity contribution in [3.8, 4) is 5.75 Å². The zero-order chi connectivity index (χ0) is 15.0. The van der Waals surface area contributed by atoms with Gasteiger partial charge in [-0.1, -0.05) is 0 Å². The van der Waals surface area contributed by atoms with Crippen LogP contribution in [0.1, 0.15) is 24.8 Å². The van der Waals surface area contributed by atoms with Crippen molar-refractivity contribution in [1.29, 1.82) is 0 Å². The van der Waals surface area contributed by atoms with E-state index in [1.54, 1.807) is 6.07 Å². The van der Waals surface area contributed by atoms with Crippen molar-refractivity contribution in [2.45, 2.75) is 37.3 Å². The van der Waals surface area contributed by atoms with E-state index in [1.165, 1.54) is 26.0 Å². The molecule has 1 aromatic carbocycles. The Morgan fingerprint density at radius 3 is 2.86 bits per heavy atom. The fraction of sp³-hybridized carbons (Fsp3) is 0.600. The Bertz CT molecular complexity index is 559. The Balaban J connectivity index is 1.86. The molecule has 1 heterocycles. The van der Waals surface area contributed by atoms with Crippen molar-refractivity contribution >= 4 is 5.69 Å². The number of benzene rings is 1. The molecule has 1 saturated carbocycles. The zero-order valence-electron chi connectivity index (χ0n) is 12.1. The van der Waals surface area contributed by atoms with Crippen LogP contribution < -0.4 is 10.5 Å². The van der Waals surface area contributed by atoms with Gasteiger partial charge in [0.05, 0.1) is 24.2 Å². The first kappa shape index (κ1) is 14.3. The highest BCUT2D eigenvalue weighted by Gasteiger charge is 2.48. The fourth-order valence-electron chi connectivity index (χ4n) is 3.23. The lowest BCUT2D eigenvalue weighted by Gasteiger charge is -2.30.